The molecule has 19 heavy (non-hydrogen) atoms. The lowest BCUT2D eigenvalue weighted by atomic mass is 10.3. The van der Waals surface area contributed by atoms with Crippen LogP contribution >= 0.6 is 22.9 Å². The number of carboxylic acids is 1. The first-order valence-electron chi connectivity index (χ1n) is 5.70. The highest BCUT2D eigenvalue weighted by molar-refractivity contribution is 7.12. The number of thiophene rings is 1. The minimum Gasteiger partial charge on any atom is -0.485 e. The third-order valence-corrected chi connectivity index (χ3v) is 4.02. The molecule has 0 spiro atoms. The van der Waals surface area contributed by atoms with E-state index >= 15 is 0 Å². The van der Waals surface area contributed by atoms with Gasteiger partial charge < -0.3 is 9.84 Å². The van der Waals surface area contributed by atoms with Crippen molar-refractivity contribution in [2.75, 3.05) is 0 Å². The standard InChI is InChI=1S/C12H13ClN2O3S/c1-3-15-8(10(13)7(2)14-15)6-18-9-4-5-19-11(9)12(16)17/h4-5H,3,6H2,1-2H3,(H,16,17). The number of halogens is 1. The second kappa shape index (κ2) is 5.63. The van der Waals surface area contributed by atoms with Gasteiger partial charge in [0, 0.05) is 6.54 Å². The van der Waals surface area contributed by atoms with Crippen LogP contribution in [0.5, 0.6) is 5.75 Å². The second-order valence-electron chi connectivity index (χ2n) is 3.87. The summed E-state index contributed by atoms with van der Waals surface area (Å²) in [5.41, 5.74) is 1.50. The van der Waals surface area contributed by atoms with E-state index in [1.165, 1.54) is 0 Å². The molecule has 0 aliphatic carbocycles. The van der Waals surface area contributed by atoms with Crippen molar-refractivity contribution in [1.29, 1.82) is 0 Å². The molecular weight excluding hydrogens is 288 g/mol. The van der Waals surface area contributed by atoms with E-state index in [0.717, 1.165) is 22.7 Å². The van der Waals surface area contributed by atoms with Gasteiger partial charge >= 0.3 is 5.97 Å². The molecule has 0 unspecified atom stereocenters. The number of rotatable bonds is 5. The Morgan fingerprint density at radius 3 is 3.00 bits per heavy atom. The summed E-state index contributed by atoms with van der Waals surface area (Å²) in [5, 5.41) is 15.5. The smallest absolute Gasteiger partial charge is 0.349 e. The lowest BCUT2D eigenvalue weighted by Gasteiger charge is -2.07. The van der Waals surface area contributed by atoms with E-state index in [1.807, 2.05) is 13.8 Å². The van der Waals surface area contributed by atoms with Crippen molar-refractivity contribution in [2.24, 2.45) is 0 Å². The van der Waals surface area contributed by atoms with Gasteiger partial charge in [-0.1, -0.05) is 11.6 Å². The molecule has 2 heterocycles. The molecule has 0 atom stereocenters. The van der Waals surface area contributed by atoms with Crippen LogP contribution in [-0.2, 0) is 13.2 Å². The molecule has 1 N–H and O–H groups in total. The van der Waals surface area contributed by atoms with Crippen LogP contribution in [-0.4, -0.2) is 20.9 Å². The molecule has 0 aliphatic rings. The molecule has 2 aromatic heterocycles. The summed E-state index contributed by atoms with van der Waals surface area (Å²) in [5.74, 6) is -0.633. The van der Waals surface area contributed by atoms with Gasteiger partial charge in [0.15, 0.2) is 4.88 Å². The van der Waals surface area contributed by atoms with Crippen molar-refractivity contribution in [3.05, 3.63) is 32.7 Å². The molecule has 2 aromatic rings. The first-order chi connectivity index (χ1) is 9.04. The Bertz CT molecular complexity index is 606. The van der Waals surface area contributed by atoms with E-state index in [4.69, 9.17) is 21.4 Å². The van der Waals surface area contributed by atoms with E-state index in [-0.39, 0.29) is 11.5 Å². The fraction of sp³-hybridized carbons (Fsp3) is 0.333. The normalized spacial score (nSPS) is 10.7. The quantitative estimate of drug-likeness (QED) is 0.921. The van der Waals surface area contributed by atoms with Crippen LogP contribution < -0.4 is 4.74 Å². The van der Waals surface area contributed by atoms with Crippen LogP contribution in [0.1, 0.15) is 28.0 Å². The highest BCUT2D eigenvalue weighted by Gasteiger charge is 2.16. The minimum absolute atomic E-state index is 0.190. The summed E-state index contributed by atoms with van der Waals surface area (Å²) in [6.07, 6.45) is 0. The van der Waals surface area contributed by atoms with Crippen molar-refractivity contribution < 1.29 is 14.6 Å². The largest absolute Gasteiger partial charge is 0.485 e. The second-order valence-corrected chi connectivity index (χ2v) is 5.16. The average molecular weight is 301 g/mol. The number of aryl methyl sites for hydroxylation is 2. The van der Waals surface area contributed by atoms with Gasteiger partial charge in [-0.3, -0.25) is 4.68 Å². The predicted octanol–water partition coefficient (Wildman–Crippen LogP) is 3.20. The van der Waals surface area contributed by atoms with E-state index in [9.17, 15) is 4.79 Å². The van der Waals surface area contributed by atoms with Crippen molar-refractivity contribution in [3.8, 4) is 5.75 Å². The lowest BCUT2D eigenvalue weighted by Crippen LogP contribution is -2.07. The number of aromatic nitrogens is 2. The Morgan fingerprint density at radius 2 is 2.37 bits per heavy atom. The molecule has 0 aromatic carbocycles. The van der Waals surface area contributed by atoms with Crippen molar-refractivity contribution >= 4 is 28.9 Å². The Balaban J connectivity index is 2.19. The van der Waals surface area contributed by atoms with Gasteiger partial charge in [0.25, 0.3) is 0 Å². The summed E-state index contributed by atoms with van der Waals surface area (Å²) in [6.45, 7) is 4.66. The van der Waals surface area contributed by atoms with Crippen LogP contribution in [0, 0.1) is 6.92 Å². The van der Waals surface area contributed by atoms with Gasteiger partial charge in [0.05, 0.1) is 16.4 Å². The van der Waals surface area contributed by atoms with Crippen LogP contribution in [0.15, 0.2) is 11.4 Å². The van der Waals surface area contributed by atoms with Gasteiger partial charge in [0.1, 0.15) is 12.4 Å². The highest BCUT2D eigenvalue weighted by atomic mass is 35.5. The summed E-state index contributed by atoms with van der Waals surface area (Å²) in [7, 11) is 0. The number of nitrogens with zero attached hydrogens (tertiary/aromatic N) is 2. The van der Waals surface area contributed by atoms with E-state index in [0.29, 0.717) is 17.3 Å². The molecule has 7 heteroatoms. The molecule has 2 rings (SSSR count). The zero-order valence-electron chi connectivity index (χ0n) is 10.5. The Hall–Kier alpha value is -1.53. The number of aromatic carboxylic acids is 1. The van der Waals surface area contributed by atoms with E-state index < -0.39 is 5.97 Å². The number of hydrogen-bond donors (Lipinski definition) is 1. The molecule has 0 saturated heterocycles. The van der Waals surface area contributed by atoms with Crippen LogP contribution in [0.25, 0.3) is 0 Å². The van der Waals surface area contributed by atoms with Crippen LogP contribution in [0.4, 0.5) is 0 Å². The van der Waals surface area contributed by atoms with E-state index in [1.54, 1.807) is 16.1 Å². The maximum absolute atomic E-state index is 11.0. The number of carbonyl (C=O) groups is 1. The predicted molar refractivity (Wildman–Crippen MR) is 73.3 cm³/mol. The molecular formula is C12H13ClN2O3S. The van der Waals surface area contributed by atoms with Crippen LogP contribution in [0.2, 0.25) is 5.02 Å². The first kappa shape index (κ1) is 13.9. The lowest BCUT2D eigenvalue weighted by molar-refractivity contribution is 0.0697. The Morgan fingerprint density at radius 1 is 1.63 bits per heavy atom. The van der Waals surface area contributed by atoms with Gasteiger partial charge in [-0.25, -0.2) is 4.79 Å². The summed E-state index contributed by atoms with van der Waals surface area (Å²) >= 11 is 7.29. The minimum atomic E-state index is -0.990. The van der Waals surface area contributed by atoms with Crippen molar-refractivity contribution in [1.82, 2.24) is 9.78 Å². The molecule has 0 fully saturated rings. The maximum Gasteiger partial charge on any atom is 0.349 e. The Labute approximate surface area is 119 Å². The van der Waals surface area contributed by atoms with Gasteiger partial charge in [0.2, 0.25) is 0 Å². The zero-order chi connectivity index (χ0) is 14.0. The topological polar surface area (TPSA) is 64.4 Å². The number of ether oxygens (including phenoxy) is 1. The van der Waals surface area contributed by atoms with Gasteiger partial charge in [-0.05, 0) is 25.3 Å². The fourth-order valence-corrected chi connectivity index (χ4v) is 2.58. The monoisotopic (exact) mass is 300 g/mol. The molecule has 0 amide bonds. The zero-order valence-corrected chi connectivity index (χ0v) is 12.1. The van der Waals surface area contributed by atoms with Crippen molar-refractivity contribution in [2.45, 2.75) is 27.0 Å². The number of carboxylic acid groups (broad SMARTS) is 1. The third-order valence-electron chi connectivity index (χ3n) is 2.64. The molecule has 0 saturated carbocycles. The Kier molecular flexibility index (Phi) is 4.11. The third kappa shape index (κ3) is 2.74. The first-order valence-corrected chi connectivity index (χ1v) is 6.95. The number of hydrogen-bond acceptors (Lipinski definition) is 4. The molecule has 0 bridgehead atoms. The van der Waals surface area contributed by atoms with Crippen LogP contribution in [0.3, 0.4) is 0 Å². The van der Waals surface area contributed by atoms with Gasteiger partial charge in [-0.15, -0.1) is 11.3 Å². The maximum atomic E-state index is 11.0. The molecule has 0 aliphatic heterocycles. The molecule has 0 radical (unpaired) electrons. The van der Waals surface area contributed by atoms with Crippen molar-refractivity contribution in [3.63, 3.8) is 0 Å². The summed E-state index contributed by atoms with van der Waals surface area (Å²) in [4.78, 5) is 11.2. The highest BCUT2D eigenvalue weighted by Crippen LogP contribution is 2.27. The fourth-order valence-electron chi connectivity index (χ4n) is 1.72. The average Bonchev–Trinajstić information content (AvgIpc) is 2.94. The summed E-state index contributed by atoms with van der Waals surface area (Å²) < 4.78 is 7.30. The molecule has 102 valence electrons. The summed E-state index contributed by atoms with van der Waals surface area (Å²) in [6, 6.07) is 1.64. The van der Waals surface area contributed by atoms with E-state index in [2.05, 4.69) is 5.10 Å². The SMILES string of the molecule is CCn1nc(C)c(Cl)c1COc1ccsc1C(=O)O. The molecule has 5 nitrogen and oxygen atoms in total. The van der Waals surface area contributed by atoms with Gasteiger partial charge in [-0.2, -0.15) is 5.10 Å².